The van der Waals surface area contributed by atoms with Crippen LogP contribution in [0.4, 0.5) is 0 Å². The summed E-state index contributed by atoms with van der Waals surface area (Å²) in [5.74, 6) is 0.793. The van der Waals surface area contributed by atoms with Gasteiger partial charge in [-0.1, -0.05) is 30.3 Å². The maximum Gasteiger partial charge on any atom is 0.191 e. The van der Waals surface area contributed by atoms with Crippen LogP contribution in [-0.4, -0.2) is 31.1 Å². The lowest BCUT2D eigenvalue weighted by Crippen LogP contribution is -2.37. The van der Waals surface area contributed by atoms with Gasteiger partial charge < -0.3 is 15.4 Å². The van der Waals surface area contributed by atoms with E-state index in [0.29, 0.717) is 13.2 Å². The molecule has 1 aromatic carbocycles. The summed E-state index contributed by atoms with van der Waals surface area (Å²) in [6.07, 6.45) is 1.04. The molecule has 0 aliphatic carbocycles. The van der Waals surface area contributed by atoms with E-state index in [4.69, 9.17) is 4.74 Å². The van der Waals surface area contributed by atoms with E-state index in [0.717, 1.165) is 29.6 Å². The zero-order valence-corrected chi connectivity index (χ0v) is 16.3. The van der Waals surface area contributed by atoms with Gasteiger partial charge in [0, 0.05) is 25.1 Å². The summed E-state index contributed by atoms with van der Waals surface area (Å²) in [6.45, 7) is 8.45. The molecule has 0 radical (unpaired) electrons. The van der Waals surface area contributed by atoms with Crippen molar-refractivity contribution in [1.82, 2.24) is 15.6 Å². The number of aliphatic imine (C=N–C) groups is 1. The summed E-state index contributed by atoms with van der Waals surface area (Å²) in [5, 5.41) is 7.69. The minimum Gasteiger partial charge on any atom is -0.374 e. The van der Waals surface area contributed by atoms with E-state index in [1.54, 1.807) is 18.4 Å². The highest BCUT2D eigenvalue weighted by atomic mass is 32.1. The smallest absolute Gasteiger partial charge is 0.191 e. The number of hydrogen-bond donors (Lipinski definition) is 2. The van der Waals surface area contributed by atoms with E-state index in [1.165, 1.54) is 10.4 Å². The number of aromatic nitrogens is 1. The number of nitrogens with zero attached hydrogens (tertiary/aromatic N) is 2. The Morgan fingerprint density at radius 1 is 1.24 bits per heavy atom. The summed E-state index contributed by atoms with van der Waals surface area (Å²) in [5.41, 5.74) is 2.32. The highest BCUT2D eigenvalue weighted by Crippen LogP contribution is 2.16. The Hall–Kier alpha value is -1.92. The molecule has 6 heteroatoms. The van der Waals surface area contributed by atoms with Crippen LogP contribution in [0.5, 0.6) is 0 Å². The molecule has 0 aliphatic rings. The van der Waals surface area contributed by atoms with Crippen LogP contribution in [0.25, 0.3) is 0 Å². The van der Waals surface area contributed by atoms with Crippen molar-refractivity contribution in [3.63, 3.8) is 0 Å². The van der Waals surface area contributed by atoms with Gasteiger partial charge >= 0.3 is 0 Å². The van der Waals surface area contributed by atoms with Crippen LogP contribution >= 0.6 is 11.3 Å². The fourth-order valence-electron chi connectivity index (χ4n) is 2.35. The van der Waals surface area contributed by atoms with Crippen molar-refractivity contribution < 1.29 is 4.74 Å². The Morgan fingerprint density at radius 2 is 2.00 bits per heavy atom. The molecule has 5 nitrogen and oxygen atoms in total. The van der Waals surface area contributed by atoms with Gasteiger partial charge in [0.05, 0.1) is 18.3 Å². The van der Waals surface area contributed by atoms with E-state index in [1.807, 2.05) is 25.1 Å². The van der Waals surface area contributed by atoms with Gasteiger partial charge in [0.25, 0.3) is 0 Å². The molecule has 0 bridgehead atoms. The SMILES string of the molecule is CN=C(NCCCOC(C)c1ccccc1)NCc1nc(C)c(C)s1. The van der Waals surface area contributed by atoms with E-state index >= 15 is 0 Å². The predicted octanol–water partition coefficient (Wildman–Crippen LogP) is 3.59. The predicted molar refractivity (Wildman–Crippen MR) is 105 cm³/mol. The Morgan fingerprint density at radius 3 is 2.64 bits per heavy atom. The number of thiazole rings is 1. The molecule has 0 amide bonds. The van der Waals surface area contributed by atoms with Crippen molar-refractivity contribution in [3.8, 4) is 0 Å². The normalized spacial score (nSPS) is 12.9. The summed E-state index contributed by atoms with van der Waals surface area (Å²) >= 11 is 1.72. The topological polar surface area (TPSA) is 58.5 Å². The molecule has 2 rings (SSSR count). The van der Waals surface area contributed by atoms with Gasteiger partial charge in [-0.05, 0) is 32.8 Å². The average molecular weight is 361 g/mol. The molecule has 1 atom stereocenters. The van der Waals surface area contributed by atoms with Gasteiger partial charge in [0.1, 0.15) is 5.01 Å². The Kier molecular flexibility index (Phi) is 7.88. The number of rotatable bonds is 8. The van der Waals surface area contributed by atoms with Crippen molar-refractivity contribution in [2.75, 3.05) is 20.2 Å². The second-order valence-corrected chi connectivity index (χ2v) is 7.17. The third kappa shape index (κ3) is 6.48. The summed E-state index contributed by atoms with van der Waals surface area (Å²) in [6, 6.07) is 10.3. The standard InChI is InChI=1S/C19H28N4OS/c1-14-16(3)25-18(23-14)13-22-19(20-4)21-11-8-12-24-15(2)17-9-6-5-7-10-17/h5-7,9-10,15H,8,11-13H2,1-4H3,(H2,20,21,22). The van der Waals surface area contributed by atoms with Gasteiger partial charge in [-0.25, -0.2) is 4.98 Å². The Bertz CT molecular complexity index is 650. The monoisotopic (exact) mass is 360 g/mol. The molecule has 1 heterocycles. The lowest BCUT2D eigenvalue weighted by Gasteiger charge is -2.14. The first-order valence-electron chi connectivity index (χ1n) is 8.64. The minimum absolute atomic E-state index is 0.120. The summed E-state index contributed by atoms with van der Waals surface area (Å²) in [7, 11) is 1.78. The molecule has 1 unspecified atom stereocenters. The first-order chi connectivity index (χ1) is 12.1. The van der Waals surface area contributed by atoms with Crippen LogP contribution < -0.4 is 10.6 Å². The first kappa shape index (κ1) is 19.4. The minimum atomic E-state index is 0.120. The Balaban J connectivity index is 1.62. The maximum absolute atomic E-state index is 5.88. The fraction of sp³-hybridized carbons (Fsp3) is 0.474. The number of hydrogen-bond acceptors (Lipinski definition) is 4. The molecule has 2 N–H and O–H groups in total. The van der Waals surface area contributed by atoms with Gasteiger partial charge in [0.15, 0.2) is 5.96 Å². The number of aryl methyl sites for hydroxylation is 2. The largest absolute Gasteiger partial charge is 0.374 e. The van der Waals surface area contributed by atoms with Crippen LogP contribution in [0, 0.1) is 13.8 Å². The highest BCUT2D eigenvalue weighted by Gasteiger charge is 2.06. The van der Waals surface area contributed by atoms with Crippen molar-refractivity contribution in [2.45, 2.75) is 39.8 Å². The van der Waals surface area contributed by atoms with Crippen molar-refractivity contribution in [1.29, 1.82) is 0 Å². The van der Waals surface area contributed by atoms with E-state index in [2.05, 4.69) is 46.6 Å². The van der Waals surface area contributed by atoms with Crippen LogP contribution in [0.15, 0.2) is 35.3 Å². The summed E-state index contributed by atoms with van der Waals surface area (Å²) < 4.78 is 5.88. The second kappa shape index (κ2) is 10.2. The number of guanidine groups is 1. The van der Waals surface area contributed by atoms with E-state index < -0.39 is 0 Å². The van der Waals surface area contributed by atoms with Gasteiger partial charge in [-0.2, -0.15) is 0 Å². The van der Waals surface area contributed by atoms with Crippen LogP contribution in [-0.2, 0) is 11.3 Å². The van der Waals surface area contributed by atoms with E-state index in [-0.39, 0.29) is 6.10 Å². The molecular weight excluding hydrogens is 332 g/mol. The summed E-state index contributed by atoms with van der Waals surface area (Å²) in [4.78, 5) is 10.0. The molecule has 0 spiro atoms. The third-order valence-corrected chi connectivity index (χ3v) is 5.03. The lowest BCUT2D eigenvalue weighted by atomic mass is 10.1. The lowest BCUT2D eigenvalue weighted by molar-refractivity contribution is 0.0646. The Labute approximate surface area is 154 Å². The third-order valence-electron chi connectivity index (χ3n) is 3.95. The van der Waals surface area contributed by atoms with Gasteiger partial charge in [0.2, 0.25) is 0 Å². The van der Waals surface area contributed by atoms with E-state index in [9.17, 15) is 0 Å². The molecule has 25 heavy (non-hydrogen) atoms. The molecule has 0 aliphatic heterocycles. The maximum atomic E-state index is 5.88. The number of nitrogens with one attached hydrogen (secondary N) is 2. The molecule has 136 valence electrons. The molecule has 1 aromatic heterocycles. The highest BCUT2D eigenvalue weighted by molar-refractivity contribution is 7.11. The second-order valence-electron chi connectivity index (χ2n) is 5.88. The molecule has 2 aromatic rings. The quantitative estimate of drug-likeness (QED) is 0.429. The number of benzene rings is 1. The fourth-order valence-corrected chi connectivity index (χ4v) is 3.23. The number of ether oxygens (including phenoxy) is 1. The van der Waals surface area contributed by atoms with Crippen molar-refractivity contribution in [2.24, 2.45) is 4.99 Å². The van der Waals surface area contributed by atoms with Crippen LogP contribution in [0.3, 0.4) is 0 Å². The van der Waals surface area contributed by atoms with Gasteiger partial charge in [-0.15, -0.1) is 11.3 Å². The average Bonchev–Trinajstić information content (AvgIpc) is 2.95. The van der Waals surface area contributed by atoms with Gasteiger partial charge in [-0.3, -0.25) is 4.99 Å². The molecule has 0 saturated heterocycles. The zero-order valence-electron chi connectivity index (χ0n) is 15.5. The van der Waals surface area contributed by atoms with Crippen LogP contribution in [0.1, 0.15) is 40.6 Å². The van der Waals surface area contributed by atoms with Crippen LogP contribution in [0.2, 0.25) is 0 Å². The zero-order chi connectivity index (χ0) is 18.1. The first-order valence-corrected chi connectivity index (χ1v) is 9.45. The van der Waals surface area contributed by atoms with Crippen molar-refractivity contribution in [3.05, 3.63) is 51.5 Å². The molecule has 0 saturated carbocycles. The van der Waals surface area contributed by atoms with Crippen molar-refractivity contribution >= 4 is 17.3 Å². The molecule has 0 fully saturated rings. The molecular formula is C19H28N4OS.